The molecule has 0 aromatic heterocycles. The summed E-state index contributed by atoms with van der Waals surface area (Å²) in [5.74, 6) is 0. The summed E-state index contributed by atoms with van der Waals surface area (Å²) >= 11 is 0. The predicted octanol–water partition coefficient (Wildman–Crippen LogP) is 2.85. The van der Waals surface area contributed by atoms with E-state index in [1.165, 1.54) is 0 Å². The fourth-order valence-corrected chi connectivity index (χ4v) is 0.993. The Kier molecular flexibility index (Phi) is 3.90. The second kappa shape index (κ2) is 4.99. The summed E-state index contributed by atoms with van der Waals surface area (Å²) in [6, 6.07) is 7.16. The van der Waals surface area contributed by atoms with Crippen molar-refractivity contribution in [2.45, 2.75) is 33.3 Å². The molecular formula is C12H18N2O2. The Morgan fingerprint density at radius 1 is 1.19 bits per heavy atom. The van der Waals surface area contributed by atoms with E-state index in [9.17, 15) is 4.79 Å². The number of rotatable bonds is 2. The fraction of sp³-hybridized carbons (Fsp3) is 0.417. The average Bonchev–Trinajstić information content (AvgIpc) is 2.18. The Balaban J connectivity index is 2.43. The molecule has 2 amide bonds. The van der Waals surface area contributed by atoms with Gasteiger partial charge >= 0.3 is 6.03 Å². The summed E-state index contributed by atoms with van der Waals surface area (Å²) in [5, 5.41) is 2.67. The Morgan fingerprint density at radius 2 is 1.75 bits per heavy atom. The minimum Gasteiger partial charge on any atom is -0.306 e. The molecule has 0 aliphatic heterocycles. The maximum absolute atomic E-state index is 11.4. The van der Waals surface area contributed by atoms with Crippen LogP contribution in [0, 0.1) is 6.92 Å². The molecule has 0 heterocycles. The first-order valence-corrected chi connectivity index (χ1v) is 5.18. The monoisotopic (exact) mass is 222 g/mol. The second-order valence-corrected chi connectivity index (χ2v) is 4.64. The SMILES string of the molecule is Cc1ccc(NC(=O)NOC(C)(C)C)cc1. The molecule has 88 valence electrons. The first-order chi connectivity index (χ1) is 7.37. The third-order valence-corrected chi connectivity index (χ3v) is 1.76. The van der Waals surface area contributed by atoms with E-state index in [-0.39, 0.29) is 6.03 Å². The van der Waals surface area contributed by atoms with Crippen molar-refractivity contribution in [2.24, 2.45) is 0 Å². The summed E-state index contributed by atoms with van der Waals surface area (Å²) in [6.07, 6.45) is 0. The van der Waals surface area contributed by atoms with E-state index in [0.29, 0.717) is 0 Å². The minimum absolute atomic E-state index is 0.376. The quantitative estimate of drug-likeness (QED) is 0.756. The number of hydroxylamine groups is 1. The molecular weight excluding hydrogens is 204 g/mol. The number of anilines is 1. The van der Waals surface area contributed by atoms with Gasteiger partial charge in [-0.05, 0) is 39.8 Å². The number of carbonyl (C=O) groups excluding carboxylic acids is 1. The van der Waals surface area contributed by atoms with E-state index in [0.717, 1.165) is 11.3 Å². The van der Waals surface area contributed by atoms with Gasteiger partial charge in [0.25, 0.3) is 0 Å². The van der Waals surface area contributed by atoms with Crippen molar-refractivity contribution < 1.29 is 9.63 Å². The van der Waals surface area contributed by atoms with Crippen LogP contribution >= 0.6 is 0 Å². The van der Waals surface area contributed by atoms with Gasteiger partial charge < -0.3 is 5.32 Å². The normalized spacial score (nSPS) is 11.0. The van der Waals surface area contributed by atoms with Crippen LogP contribution in [0.15, 0.2) is 24.3 Å². The highest BCUT2D eigenvalue weighted by Crippen LogP contribution is 2.08. The summed E-state index contributed by atoms with van der Waals surface area (Å²) in [4.78, 5) is 16.5. The van der Waals surface area contributed by atoms with Crippen LogP contribution in [0.25, 0.3) is 0 Å². The van der Waals surface area contributed by atoms with Crippen molar-refractivity contribution >= 4 is 11.7 Å². The molecule has 0 radical (unpaired) electrons. The zero-order valence-electron chi connectivity index (χ0n) is 10.1. The molecule has 0 bridgehead atoms. The van der Waals surface area contributed by atoms with Gasteiger partial charge in [0.1, 0.15) is 0 Å². The fourth-order valence-electron chi connectivity index (χ4n) is 0.993. The number of urea groups is 1. The molecule has 1 aromatic rings. The van der Waals surface area contributed by atoms with Crippen molar-refractivity contribution in [1.29, 1.82) is 0 Å². The summed E-state index contributed by atoms with van der Waals surface area (Å²) in [6.45, 7) is 7.57. The Labute approximate surface area is 95.9 Å². The van der Waals surface area contributed by atoms with E-state index >= 15 is 0 Å². The highest BCUT2D eigenvalue weighted by atomic mass is 16.7. The largest absolute Gasteiger partial charge is 0.343 e. The van der Waals surface area contributed by atoms with Gasteiger partial charge in [0.05, 0.1) is 5.60 Å². The van der Waals surface area contributed by atoms with E-state index in [2.05, 4.69) is 10.8 Å². The van der Waals surface area contributed by atoms with Crippen LogP contribution in [-0.4, -0.2) is 11.6 Å². The summed E-state index contributed by atoms with van der Waals surface area (Å²) in [7, 11) is 0. The molecule has 0 atom stereocenters. The molecule has 0 saturated carbocycles. The lowest BCUT2D eigenvalue weighted by Crippen LogP contribution is -2.36. The van der Waals surface area contributed by atoms with Gasteiger partial charge in [-0.15, -0.1) is 0 Å². The van der Waals surface area contributed by atoms with Crippen molar-refractivity contribution in [3.8, 4) is 0 Å². The van der Waals surface area contributed by atoms with Gasteiger partial charge in [-0.1, -0.05) is 17.7 Å². The molecule has 0 fully saturated rings. The zero-order valence-corrected chi connectivity index (χ0v) is 10.1. The minimum atomic E-state index is -0.398. The first kappa shape index (κ1) is 12.5. The topological polar surface area (TPSA) is 50.4 Å². The third-order valence-electron chi connectivity index (χ3n) is 1.76. The van der Waals surface area contributed by atoms with Gasteiger partial charge in [-0.3, -0.25) is 4.84 Å². The van der Waals surface area contributed by atoms with Crippen LogP contribution in [0.2, 0.25) is 0 Å². The second-order valence-electron chi connectivity index (χ2n) is 4.64. The third kappa shape index (κ3) is 4.79. The Bertz CT molecular complexity index is 352. The lowest BCUT2D eigenvalue weighted by Gasteiger charge is -2.19. The molecule has 0 aliphatic rings. The lowest BCUT2D eigenvalue weighted by molar-refractivity contribution is -0.0505. The van der Waals surface area contributed by atoms with Crippen LogP contribution in [-0.2, 0) is 4.84 Å². The van der Waals surface area contributed by atoms with Crippen molar-refractivity contribution in [3.63, 3.8) is 0 Å². The van der Waals surface area contributed by atoms with E-state index in [1.54, 1.807) is 0 Å². The van der Waals surface area contributed by atoms with Crippen molar-refractivity contribution in [2.75, 3.05) is 5.32 Å². The number of benzene rings is 1. The molecule has 1 aromatic carbocycles. The van der Waals surface area contributed by atoms with Crippen LogP contribution in [0.4, 0.5) is 10.5 Å². The van der Waals surface area contributed by atoms with Gasteiger partial charge in [-0.25, -0.2) is 10.3 Å². The number of hydrogen-bond acceptors (Lipinski definition) is 2. The maximum Gasteiger partial charge on any atom is 0.343 e. The number of amides is 2. The van der Waals surface area contributed by atoms with E-state index in [1.807, 2.05) is 52.0 Å². The number of nitrogens with one attached hydrogen (secondary N) is 2. The van der Waals surface area contributed by atoms with E-state index in [4.69, 9.17) is 4.84 Å². The van der Waals surface area contributed by atoms with E-state index < -0.39 is 5.60 Å². The average molecular weight is 222 g/mol. The number of hydrogen-bond donors (Lipinski definition) is 2. The number of carbonyl (C=O) groups is 1. The Hall–Kier alpha value is -1.55. The zero-order chi connectivity index (χ0) is 12.2. The van der Waals surface area contributed by atoms with Gasteiger partial charge in [0.15, 0.2) is 0 Å². The first-order valence-electron chi connectivity index (χ1n) is 5.18. The molecule has 1 rings (SSSR count). The summed E-state index contributed by atoms with van der Waals surface area (Å²) in [5.41, 5.74) is 3.82. The summed E-state index contributed by atoms with van der Waals surface area (Å²) < 4.78 is 0. The smallest absolute Gasteiger partial charge is 0.306 e. The van der Waals surface area contributed by atoms with Crippen LogP contribution < -0.4 is 10.8 Å². The highest BCUT2D eigenvalue weighted by molar-refractivity contribution is 5.88. The molecule has 4 nitrogen and oxygen atoms in total. The molecule has 2 N–H and O–H groups in total. The molecule has 4 heteroatoms. The van der Waals surface area contributed by atoms with Gasteiger partial charge in [0.2, 0.25) is 0 Å². The molecule has 0 unspecified atom stereocenters. The Morgan fingerprint density at radius 3 is 2.25 bits per heavy atom. The van der Waals surface area contributed by atoms with Crippen molar-refractivity contribution in [1.82, 2.24) is 5.48 Å². The molecule has 0 spiro atoms. The van der Waals surface area contributed by atoms with Crippen LogP contribution in [0.3, 0.4) is 0 Å². The van der Waals surface area contributed by atoms with Crippen molar-refractivity contribution in [3.05, 3.63) is 29.8 Å². The highest BCUT2D eigenvalue weighted by Gasteiger charge is 2.12. The number of aryl methyl sites for hydroxylation is 1. The molecule has 16 heavy (non-hydrogen) atoms. The van der Waals surface area contributed by atoms with Crippen LogP contribution in [0.1, 0.15) is 26.3 Å². The molecule has 0 aliphatic carbocycles. The lowest BCUT2D eigenvalue weighted by atomic mass is 10.2. The van der Waals surface area contributed by atoms with Crippen LogP contribution in [0.5, 0.6) is 0 Å². The van der Waals surface area contributed by atoms with Gasteiger partial charge in [-0.2, -0.15) is 0 Å². The standard InChI is InChI=1S/C12H18N2O2/c1-9-5-7-10(8-6-9)13-11(15)14-16-12(2,3)4/h5-8H,1-4H3,(H2,13,14,15). The molecule has 0 saturated heterocycles. The predicted molar refractivity (Wildman–Crippen MR) is 64.2 cm³/mol. The van der Waals surface area contributed by atoms with Gasteiger partial charge in [0, 0.05) is 5.69 Å². The maximum atomic E-state index is 11.4.